The van der Waals surface area contributed by atoms with Crippen molar-refractivity contribution in [1.82, 2.24) is 14.9 Å². The van der Waals surface area contributed by atoms with Crippen molar-refractivity contribution in [1.29, 1.82) is 0 Å². The van der Waals surface area contributed by atoms with E-state index in [1.807, 2.05) is 6.92 Å². The third kappa shape index (κ3) is 4.03. The predicted molar refractivity (Wildman–Crippen MR) is 72.1 cm³/mol. The first kappa shape index (κ1) is 13.5. The molecule has 0 aliphatic carbocycles. The van der Waals surface area contributed by atoms with Crippen molar-refractivity contribution in [3.8, 4) is 0 Å². The van der Waals surface area contributed by atoms with Crippen molar-refractivity contribution in [2.45, 2.75) is 6.92 Å². The number of carboxylic acid groups (broad SMARTS) is 1. The lowest BCUT2D eigenvalue weighted by Gasteiger charge is -2.34. The van der Waals surface area contributed by atoms with Crippen LogP contribution >= 0.6 is 0 Å². The van der Waals surface area contributed by atoms with Gasteiger partial charge in [0.25, 0.3) is 0 Å². The van der Waals surface area contributed by atoms with E-state index in [2.05, 4.69) is 19.8 Å². The topological polar surface area (TPSA) is 69.6 Å². The van der Waals surface area contributed by atoms with Crippen LogP contribution < -0.4 is 4.90 Å². The molecule has 0 unspecified atom stereocenters. The molecule has 1 aliphatic rings. The van der Waals surface area contributed by atoms with Crippen LogP contribution in [0.1, 0.15) is 6.92 Å². The van der Waals surface area contributed by atoms with Gasteiger partial charge in [0.2, 0.25) is 5.95 Å². The Bertz CT molecular complexity index is 453. The van der Waals surface area contributed by atoms with E-state index in [4.69, 9.17) is 5.11 Å². The number of anilines is 1. The smallest absolute Gasteiger partial charge is 0.328 e. The summed E-state index contributed by atoms with van der Waals surface area (Å²) in [6, 6.07) is 1.81. The van der Waals surface area contributed by atoms with E-state index in [9.17, 15) is 4.79 Å². The molecule has 0 radical (unpaired) electrons. The Morgan fingerprint density at radius 3 is 2.53 bits per heavy atom. The van der Waals surface area contributed by atoms with Gasteiger partial charge in [-0.1, -0.05) is 5.57 Å². The van der Waals surface area contributed by atoms with Crippen LogP contribution in [0.5, 0.6) is 0 Å². The minimum atomic E-state index is -0.881. The zero-order valence-corrected chi connectivity index (χ0v) is 11.0. The Balaban J connectivity index is 1.84. The summed E-state index contributed by atoms with van der Waals surface area (Å²) in [6.07, 6.45) is 4.76. The van der Waals surface area contributed by atoms with Gasteiger partial charge in [-0.2, -0.15) is 0 Å². The van der Waals surface area contributed by atoms with Crippen LogP contribution in [0.15, 0.2) is 30.1 Å². The van der Waals surface area contributed by atoms with Crippen LogP contribution in [0, 0.1) is 0 Å². The van der Waals surface area contributed by atoms with Gasteiger partial charge >= 0.3 is 5.97 Å². The first-order chi connectivity index (χ1) is 9.15. The molecule has 19 heavy (non-hydrogen) atoms. The maximum Gasteiger partial charge on any atom is 0.328 e. The number of nitrogens with zero attached hydrogens (tertiary/aromatic N) is 4. The van der Waals surface area contributed by atoms with Crippen molar-refractivity contribution in [2.75, 3.05) is 37.6 Å². The summed E-state index contributed by atoms with van der Waals surface area (Å²) < 4.78 is 0. The van der Waals surface area contributed by atoms with E-state index >= 15 is 0 Å². The van der Waals surface area contributed by atoms with E-state index in [1.165, 1.54) is 6.08 Å². The van der Waals surface area contributed by atoms with Gasteiger partial charge in [-0.05, 0) is 13.0 Å². The predicted octanol–water partition coefficient (Wildman–Crippen LogP) is 0.629. The molecular formula is C13H18N4O2. The Morgan fingerprint density at radius 2 is 1.95 bits per heavy atom. The summed E-state index contributed by atoms with van der Waals surface area (Å²) in [6.45, 7) is 6.07. The second-order valence-electron chi connectivity index (χ2n) is 4.64. The number of hydrogen-bond donors (Lipinski definition) is 1. The molecule has 2 heterocycles. The standard InChI is InChI=1S/C13H18N4O2/c1-11(9-12(18)19)10-16-5-7-17(8-6-16)13-14-3-2-4-15-13/h2-4,9H,5-8,10H2,1H3,(H,18,19). The molecule has 0 aromatic carbocycles. The first-order valence-corrected chi connectivity index (χ1v) is 6.29. The number of carbonyl (C=O) groups is 1. The van der Waals surface area contributed by atoms with Gasteiger partial charge in [-0.3, -0.25) is 4.90 Å². The number of carboxylic acids is 1. The second-order valence-corrected chi connectivity index (χ2v) is 4.64. The number of rotatable bonds is 4. The highest BCUT2D eigenvalue weighted by Crippen LogP contribution is 2.10. The van der Waals surface area contributed by atoms with Crippen molar-refractivity contribution in [3.05, 3.63) is 30.1 Å². The summed E-state index contributed by atoms with van der Waals surface area (Å²) in [5.74, 6) is -0.117. The molecule has 1 aromatic rings. The lowest BCUT2D eigenvalue weighted by atomic mass is 10.2. The van der Waals surface area contributed by atoms with Crippen LogP contribution in [0.4, 0.5) is 5.95 Å². The SMILES string of the molecule is CC(=CC(=O)O)CN1CCN(c2ncccn2)CC1. The molecule has 0 saturated carbocycles. The molecular weight excluding hydrogens is 244 g/mol. The average Bonchev–Trinajstić information content (AvgIpc) is 2.39. The van der Waals surface area contributed by atoms with Crippen LogP contribution in [0.3, 0.4) is 0 Å². The quantitative estimate of drug-likeness (QED) is 0.803. The van der Waals surface area contributed by atoms with E-state index < -0.39 is 5.97 Å². The Labute approximate surface area is 112 Å². The highest BCUT2D eigenvalue weighted by molar-refractivity contribution is 5.80. The van der Waals surface area contributed by atoms with E-state index in [0.29, 0.717) is 6.54 Å². The van der Waals surface area contributed by atoms with Crippen molar-refractivity contribution >= 4 is 11.9 Å². The maximum atomic E-state index is 10.6. The summed E-state index contributed by atoms with van der Waals surface area (Å²) in [7, 11) is 0. The fraction of sp³-hybridized carbons (Fsp3) is 0.462. The second kappa shape index (κ2) is 6.29. The van der Waals surface area contributed by atoms with Gasteiger partial charge in [0.05, 0.1) is 0 Å². The van der Waals surface area contributed by atoms with E-state index in [-0.39, 0.29) is 0 Å². The molecule has 102 valence electrons. The number of piperazine rings is 1. The lowest BCUT2D eigenvalue weighted by molar-refractivity contribution is -0.131. The lowest BCUT2D eigenvalue weighted by Crippen LogP contribution is -2.47. The number of hydrogen-bond acceptors (Lipinski definition) is 5. The summed E-state index contributed by atoms with van der Waals surface area (Å²) >= 11 is 0. The fourth-order valence-corrected chi connectivity index (χ4v) is 2.17. The molecule has 1 N–H and O–H groups in total. The molecule has 0 atom stereocenters. The molecule has 0 spiro atoms. The van der Waals surface area contributed by atoms with Crippen molar-refractivity contribution in [2.24, 2.45) is 0 Å². The average molecular weight is 262 g/mol. The zero-order valence-electron chi connectivity index (χ0n) is 11.0. The van der Waals surface area contributed by atoms with E-state index in [1.54, 1.807) is 18.5 Å². The van der Waals surface area contributed by atoms with Crippen LogP contribution in [0.2, 0.25) is 0 Å². The molecule has 0 amide bonds. The Hall–Kier alpha value is -1.95. The summed E-state index contributed by atoms with van der Waals surface area (Å²) in [5, 5.41) is 8.68. The van der Waals surface area contributed by atoms with Gasteiger partial charge in [0, 0.05) is 51.2 Å². The fourth-order valence-electron chi connectivity index (χ4n) is 2.17. The third-order valence-electron chi connectivity index (χ3n) is 3.05. The van der Waals surface area contributed by atoms with Crippen LogP contribution in [0.25, 0.3) is 0 Å². The minimum absolute atomic E-state index is 0.704. The molecule has 1 aromatic heterocycles. The Morgan fingerprint density at radius 1 is 1.32 bits per heavy atom. The molecule has 1 fully saturated rings. The van der Waals surface area contributed by atoms with Crippen LogP contribution in [-0.2, 0) is 4.79 Å². The van der Waals surface area contributed by atoms with Gasteiger partial charge in [0.1, 0.15) is 0 Å². The zero-order chi connectivity index (χ0) is 13.7. The number of aliphatic carboxylic acids is 1. The molecule has 1 aliphatic heterocycles. The molecule has 6 heteroatoms. The number of aromatic nitrogens is 2. The van der Waals surface area contributed by atoms with Gasteiger partial charge in [0.15, 0.2) is 0 Å². The first-order valence-electron chi connectivity index (χ1n) is 6.29. The van der Waals surface area contributed by atoms with Crippen molar-refractivity contribution < 1.29 is 9.90 Å². The summed E-state index contributed by atoms with van der Waals surface area (Å²) in [4.78, 5) is 23.4. The molecule has 2 rings (SSSR count). The third-order valence-corrected chi connectivity index (χ3v) is 3.05. The highest BCUT2D eigenvalue weighted by Gasteiger charge is 2.18. The minimum Gasteiger partial charge on any atom is -0.478 e. The molecule has 6 nitrogen and oxygen atoms in total. The highest BCUT2D eigenvalue weighted by atomic mass is 16.4. The largest absolute Gasteiger partial charge is 0.478 e. The maximum absolute atomic E-state index is 10.6. The van der Waals surface area contributed by atoms with Crippen LogP contribution in [-0.4, -0.2) is 58.7 Å². The van der Waals surface area contributed by atoms with Crippen molar-refractivity contribution in [3.63, 3.8) is 0 Å². The normalized spacial score (nSPS) is 17.5. The van der Waals surface area contributed by atoms with Gasteiger partial charge in [-0.15, -0.1) is 0 Å². The molecule has 0 bridgehead atoms. The Kier molecular flexibility index (Phi) is 4.46. The molecule has 1 saturated heterocycles. The monoisotopic (exact) mass is 262 g/mol. The summed E-state index contributed by atoms with van der Waals surface area (Å²) in [5.41, 5.74) is 0.872. The van der Waals surface area contributed by atoms with Gasteiger partial charge < -0.3 is 10.0 Å². The van der Waals surface area contributed by atoms with E-state index in [0.717, 1.165) is 37.7 Å². The van der Waals surface area contributed by atoms with Gasteiger partial charge in [-0.25, -0.2) is 14.8 Å².